The largest absolute Gasteiger partial charge is 0.483 e. The van der Waals surface area contributed by atoms with E-state index >= 15 is 0 Å². The number of carbonyl (C=O) groups is 2. The molecule has 1 unspecified atom stereocenters. The average molecular weight is 676 g/mol. The molecule has 0 aromatic heterocycles. The lowest BCUT2D eigenvalue weighted by Crippen LogP contribution is -2.33. The van der Waals surface area contributed by atoms with E-state index in [2.05, 4.69) is 5.32 Å². The number of nitrogens with one attached hydrogen (secondary N) is 1. The standard InChI is InChI=1S/C40H44F3NO5/c1-26-2-15-33(16-3-26)49-34-17-12-31(13-18-34)37(45)30-10-8-27(9-11-30)4-7-29-22-32-14-19-35(38(36(32)23-29)48-25-40(41,42)43)39(46)44-20-21-47-24-28-5-6-28/h2-3,12-19,22-23,27-30H,4-11,20-21,24-25H2,1H3,(H,44,46). The number of halogens is 3. The molecule has 0 saturated heterocycles. The van der Waals surface area contributed by atoms with Crippen LogP contribution in [0.3, 0.4) is 0 Å². The maximum absolute atomic E-state index is 13.3. The van der Waals surface area contributed by atoms with E-state index in [1.807, 2.05) is 67.6 Å². The summed E-state index contributed by atoms with van der Waals surface area (Å²) >= 11 is 0. The molecule has 6 rings (SSSR count). The fourth-order valence-electron chi connectivity index (χ4n) is 6.75. The van der Waals surface area contributed by atoms with Gasteiger partial charge >= 0.3 is 6.18 Å². The van der Waals surface area contributed by atoms with Gasteiger partial charge in [0.05, 0.1) is 12.2 Å². The maximum Gasteiger partial charge on any atom is 0.422 e. The van der Waals surface area contributed by atoms with E-state index in [0.717, 1.165) is 55.1 Å². The molecule has 1 atom stereocenters. The highest BCUT2D eigenvalue weighted by Crippen LogP contribution is 2.35. The summed E-state index contributed by atoms with van der Waals surface area (Å²) in [5, 5.41) is 4.07. The van der Waals surface area contributed by atoms with Crippen LogP contribution in [0.1, 0.15) is 77.6 Å². The van der Waals surface area contributed by atoms with E-state index < -0.39 is 18.7 Å². The molecule has 3 aliphatic carbocycles. The van der Waals surface area contributed by atoms with Gasteiger partial charge in [0.15, 0.2) is 12.4 Å². The van der Waals surface area contributed by atoms with E-state index in [9.17, 15) is 22.8 Å². The van der Waals surface area contributed by atoms with Gasteiger partial charge in [-0.3, -0.25) is 9.59 Å². The molecule has 2 saturated carbocycles. The molecule has 0 spiro atoms. The van der Waals surface area contributed by atoms with Gasteiger partial charge < -0.3 is 19.5 Å². The Morgan fingerprint density at radius 3 is 2.16 bits per heavy atom. The van der Waals surface area contributed by atoms with Crippen LogP contribution in [-0.4, -0.2) is 44.2 Å². The number of aryl methyl sites for hydroxylation is 1. The second-order valence-electron chi connectivity index (χ2n) is 13.7. The molecule has 260 valence electrons. The highest BCUT2D eigenvalue weighted by molar-refractivity contribution is 5.98. The van der Waals surface area contributed by atoms with E-state index in [1.165, 1.54) is 12.8 Å². The average Bonchev–Trinajstić information content (AvgIpc) is 3.83. The Balaban J connectivity index is 1.01. The Hall–Kier alpha value is -4.11. The van der Waals surface area contributed by atoms with Crippen molar-refractivity contribution in [3.05, 3.63) is 87.8 Å². The number of Topliss-reactive ketones (excluding diaryl/α,β-unsaturated/α-hetero) is 1. The zero-order valence-electron chi connectivity index (χ0n) is 27.9. The van der Waals surface area contributed by atoms with Gasteiger partial charge in [-0.05, 0) is 124 Å². The molecule has 0 bridgehead atoms. The minimum absolute atomic E-state index is 0.00311. The molecular formula is C40H44F3NO5. The van der Waals surface area contributed by atoms with Crippen molar-refractivity contribution in [2.24, 2.45) is 23.7 Å². The van der Waals surface area contributed by atoms with Gasteiger partial charge in [0.2, 0.25) is 0 Å². The molecule has 1 amide bonds. The highest BCUT2D eigenvalue weighted by Gasteiger charge is 2.31. The Morgan fingerprint density at radius 1 is 0.816 bits per heavy atom. The fraction of sp³-hybridized carbons (Fsp3) is 0.450. The van der Waals surface area contributed by atoms with E-state index in [-0.39, 0.29) is 35.5 Å². The number of amides is 1. The van der Waals surface area contributed by atoms with Crippen molar-refractivity contribution in [1.82, 2.24) is 5.32 Å². The molecule has 0 radical (unpaired) electrons. The summed E-state index contributed by atoms with van der Waals surface area (Å²) in [7, 11) is 0. The van der Waals surface area contributed by atoms with Crippen molar-refractivity contribution >= 4 is 23.8 Å². The molecule has 6 nitrogen and oxygen atoms in total. The van der Waals surface area contributed by atoms with Crippen LogP contribution in [0.5, 0.6) is 17.2 Å². The van der Waals surface area contributed by atoms with Crippen LogP contribution in [0.15, 0.2) is 60.7 Å². The molecule has 1 N–H and O–H groups in total. The Morgan fingerprint density at radius 2 is 1.49 bits per heavy atom. The topological polar surface area (TPSA) is 73.9 Å². The fourth-order valence-corrected chi connectivity index (χ4v) is 6.75. The van der Waals surface area contributed by atoms with Crippen LogP contribution in [0.4, 0.5) is 13.2 Å². The van der Waals surface area contributed by atoms with Crippen LogP contribution < -0.4 is 25.2 Å². The molecule has 9 heteroatoms. The molecule has 49 heavy (non-hydrogen) atoms. The number of rotatable bonds is 15. The third-order valence-electron chi connectivity index (χ3n) is 9.73. The van der Waals surface area contributed by atoms with Gasteiger partial charge in [0, 0.05) is 29.9 Å². The quantitative estimate of drug-likeness (QED) is 0.133. The van der Waals surface area contributed by atoms with Crippen LogP contribution in [0.25, 0.3) is 12.2 Å². The minimum atomic E-state index is -4.53. The van der Waals surface area contributed by atoms with Crippen molar-refractivity contribution < 1.29 is 37.0 Å². The maximum atomic E-state index is 13.3. The van der Waals surface area contributed by atoms with Crippen molar-refractivity contribution in [2.45, 2.75) is 64.5 Å². The van der Waals surface area contributed by atoms with Crippen molar-refractivity contribution in [2.75, 3.05) is 26.4 Å². The molecule has 0 aliphatic heterocycles. The first-order valence-corrected chi connectivity index (χ1v) is 17.4. The Bertz CT molecular complexity index is 1720. The van der Waals surface area contributed by atoms with Crippen LogP contribution >= 0.6 is 0 Å². The number of alkyl halides is 3. The monoisotopic (exact) mass is 675 g/mol. The predicted molar refractivity (Wildman–Crippen MR) is 182 cm³/mol. The van der Waals surface area contributed by atoms with Gasteiger partial charge in [0.1, 0.15) is 17.2 Å². The number of fused-ring (bicyclic) bond motifs is 1. The Kier molecular flexibility index (Phi) is 11.1. The van der Waals surface area contributed by atoms with Crippen molar-refractivity contribution in [3.63, 3.8) is 0 Å². The lowest BCUT2D eigenvalue weighted by molar-refractivity contribution is -0.153. The summed E-state index contributed by atoms with van der Waals surface area (Å²) in [6.45, 7) is 1.84. The zero-order valence-corrected chi connectivity index (χ0v) is 27.9. The summed E-state index contributed by atoms with van der Waals surface area (Å²) in [5.74, 6) is 2.21. The van der Waals surface area contributed by atoms with Crippen LogP contribution in [0.2, 0.25) is 0 Å². The first-order valence-electron chi connectivity index (χ1n) is 17.4. The third kappa shape index (κ3) is 9.75. The number of benzene rings is 3. The van der Waals surface area contributed by atoms with Gasteiger partial charge in [-0.2, -0.15) is 13.2 Å². The number of carbonyl (C=O) groups excluding carboxylic acids is 2. The molecule has 3 aromatic rings. The van der Waals surface area contributed by atoms with E-state index in [4.69, 9.17) is 14.2 Å². The summed E-state index contributed by atoms with van der Waals surface area (Å²) in [4.78, 5) is 26.3. The third-order valence-corrected chi connectivity index (χ3v) is 9.73. The minimum Gasteiger partial charge on any atom is -0.483 e. The highest BCUT2D eigenvalue weighted by atomic mass is 19.4. The summed E-state index contributed by atoms with van der Waals surface area (Å²) in [6, 6.07) is 18.5. The molecule has 3 aromatic carbocycles. The van der Waals surface area contributed by atoms with Crippen LogP contribution in [-0.2, 0) is 4.74 Å². The lowest BCUT2D eigenvalue weighted by atomic mass is 9.76. The molecule has 3 aliphatic rings. The van der Waals surface area contributed by atoms with E-state index in [0.29, 0.717) is 41.6 Å². The Labute approximate surface area is 285 Å². The molecular weight excluding hydrogens is 631 g/mol. The van der Waals surface area contributed by atoms with E-state index in [1.54, 1.807) is 12.1 Å². The lowest BCUT2D eigenvalue weighted by Gasteiger charge is -2.28. The van der Waals surface area contributed by atoms with Gasteiger partial charge in [-0.1, -0.05) is 35.9 Å². The number of hydrogen-bond donors (Lipinski definition) is 1. The second kappa shape index (κ2) is 15.6. The number of ketones is 1. The van der Waals surface area contributed by atoms with Gasteiger partial charge in [0.25, 0.3) is 5.91 Å². The summed E-state index contributed by atoms with van der Waals surface area (Å²) < 4.78 is 56.3. The summed E-state index contributed by atoms with van der Waals surface area (Å²) in [6.07, 6.45) is 7.14. The number of hydrogen-bond acceptors (Lipinski definition) is 5. The molecule has 2 fully saturated rings. The van der Waals surface area contributed by atoms with Crippen molar-refractivity contribution in [3.8, 4) is 17.2 Å². The zero-order chi connectivity index (χ0) is 34.4. The smallest absolute Gasteiger partial charge is 0.422 e. The van der Waals surface area contributed by atoms with Gasteiger partial charge in [-0.25, -0.2) is 0 Å². The second-order valence-corrected chi connectivity index (χ2v) is 13.7. The SMILES string of the molecule is Cc1ccc(Oc2ccc(C(=O)C3CCC(CCC4C=c5ccc(C(=O)NCCOCC6CC6)c(OCC(F)(F)F)c5=C4)CC3)cc2)cc1. The predicted octanol–water partition coefficient (Wildman–Crippen LogP) is 7.55. The summed E-state index contributed by atoms with van der Waals surface area (Å²) in [5.41, 5.74) is 1.95. The van der Waals surface area contributed by atoms with Crippen LogP contribution in [0, 0.1) is 30.6 Å². The van der Waals surface area contributed by atoms with Gasteiger partial charge in [-0.15, -0.1) is 0 Å². The first kappa shape index (κ1) is 34.7. The van der Waals surface area contributed by atoms with Crippen molar-refractivity contribution in [1.29, 1.82) is 0 Å². The normalized spacial score (nSPS) is 20.1. The first-order chi connectivity index (χ1) is 23.6. The molecule has 0 heterocycles. The number of ether oxygens (including phenoxy) is 3.